The normalized spacial score (nSPS) is 22.2. The molecule has 2 atom stereocenters. The molecule has 0 saturated heterocycles. The van der Waals surface area contributed by atoms with Crippen LogP contribution >= 0.6 is 0 Å². The first-order valence-corrected chi connectivity index (χ1v) is 8.65. The van der Waals surface area contributed by atoms with Crippen LogP contribution < -0.4 is 5.32 Å². The highest BCUT2D eigenvalue weighted by Gasteiger charge is 2.41. The molecule has 0 spiro atoms. The molecule has 2 aliphatic carbocycles. The smallest absolute Gasteiger partial charge is 0.307 e. The van der Waals surface area contributed by atoms with Crippen LogP contribution in [-0.4, -0.2) is 31.7 Å². The summed E-state index contributed by atoms with van der Waals surface area (Å²) in [4.78, 5) is 23.4. The van der Waals surface area contributed by atoms with Gasteiger partial charge < -0.3 is 10.4 Å². The zero-order chi connectivity index (χ0) is 17.4. The average Bonchev–Trinajstić information content (AvgIpc) is 3.32. The van der Waals surface area contributed by atoms with Crippen molar-refractivity contribution in [2.75, 3.05) is 0 Å². The van der Waals surface area contributed by atoms with Crippen LogP contribution in [0.3, 0.4) is 0 Å². The Labute approximate surface area is 145 Å². The summed E-state index contributed by atoms with van der Waals surface area (Å²) >= 11 is 0. The fraction of sp³-hybridized carbons (Fsp3) is 0.444. The number of benzene rings is 1. The van der Waals surface area contributed by atoms with Gasteiger partial charge in [-0.3, -0.25) is 14.2 Å². The van der Waals surface area contributed by atoms with E-state index in [0.29, 0.717) is 24.6 Å². The number of nitrogens with one attached hydrogen (secondary N) is 1. The van der Waals surface area contributed by atoms with Crippen molar-refractivity contribution in [1.29, 1.82) is 0 Å². The quantitative estimate of drug-likeness (QED) is 0.837. The minimum atomic E-state index is -0.894. The van der Waals surface area contributed by atoms with Crippen LogP contribution in [0, 0.1) is 11.8 Å². The molecule has 2 N–H and O–H groups in total. The number of para-hydroxylation sites is 1. The van der Waals surface area contributed by atoms with E-state index in [2.05, 4.69) is 15.5 Å². The number of carboxylic acid groups (broad SMARTS) is 1. The molecule has 2 fully saturated rings. The van der Waals surface area contributed by atoms with Gasteiger partial charge in [-0.25, -0.2) is 0 Å². The first-order chi connectivity index (χ1) is 12.1. The van der Waals surface area contributed by atoms with E-state index in [1.165, 1.54) is 0 Å². The lowest BCUT2D eigenvalue weighted by molar-refractivity contribution is -0.152. The fourth-order valence-electron chi connectivity index (χ4n) is 3.32. The summed E-state index contributed by atoms with van der Waals surface area (Å²) in [5.41, 5.74) is 0.978. The number of aliphatic carboxylic acids is 1. The Morgan fingerprint density at radius 3 is 2.40 bits per heavy atom. The third-order valence-electron chi connectivity index (χ3n) is 5.06. The zero-order valence-corrected chi connectivity index (χ0v) is 13.8. The zero-order valence-electron chi connectivity index (χ0n) is 13.8. The Morgan fingerprint density at radius 1 is 1.08 bits per heavy atom. The van der Waals surface area contributed by atoms with Crippen molar-refractivity contribution in [2.24, 2.45) is 11.8 Å². The van der Waals surface area contributed by atoms with Crippen molar-refractivity contribution >= 4 is 11.9 Å². The summed E-state index contributed by atoms with van der Waals surface area (Å²) in [6, 6.07) is 9.86. The summed E-state index contributed by atoms with van der Waals surface area (Å²) in [5.74, 6) is -0.0676. The van der Waals surface area contributed by atoms with Crippen molar-refractivity contribution in [1.82, 2.24) is 20.1 Å². The predicted molar refractivity (Wildman–Crippen MR) is 89.0 cm³/mol. The van der Waals surface area contributed by atoms with Crippen LogP contribution in [0.4, 0.5) is 0 Å². The highest BCUT2D eigenvalue weighted by molar-refractivity contribution is 5.86. The molecule has 25 heavy (non-hydrogen) atoms. The molecule has 7 heteroatoms. The van der Waals surface area contributed by atoms with Crippen molar-refractivity contribution in [3.05, 3.63) is 42.0 Å². The van der Waals surface area contributed by atoms with Gasteiger partial charge in [0.15, 0.2) is 5.82 Å². The summed E-state index contributed by atoms with van der Waals surface area (Å²) in [7, 11) is 0. The van der Waals surface area contributed by atoms with Gasteiger partial charge in [0, 0.05) is 11.6 Å². The van der Waals surface area contributed by atoms with E-state index >= 15 is 0 Å². The fourth-order valence-corrected chi connectivity index (χ4v) is 3.32. The minimum absolute atomic E-state index is 0.214. The van der Waals surface area contributed by atoms with Crippen LogP contribution in [0.1, 0.15) is 43.3 Å². The van der Waals surface area contributed by atoms with Crippen molar-refractivity contribution in [3.8, 4) is 5.69 Å². The number of carbonyl (C=O) groups is 2. The molecule has 0 unspecified atom stereocenters. The third-order valence-corrected chi connectivity index (χ3v) is 5.06. The Hall–Kier alpha value is -2.70. The molecule has 2 aliphatic rings. The number of nitrogens with zero attached hydrogens (tertiary/aromatic N) is 3. The SMILES string of the molecule is O=C(NCc1nnc(C2CC2)n1-c1ccccc1)[C@H]1CC[C@H]1C(=O)O. The molecule has 1 amide bonds. The first-order valence-electron chi connectivity index (χ1n) is 8.65. The van der Waals surface area contributed by atoms with E-state index in [1.807, 2.05) is 34.9 Å². The van der Waals surface area contributed by atoms with Crippen LogP contribution in [0.15, 0.2) is 30.3 Å². The molecule has 0 radical (unpaired) electrons. The Balaban J connectivity index is 1.51. The van der Waals surface area contributed by atoms with Gasteiger partial charge in [-0.05, 0) is 37.8 Å². The molecule has 7 nitrogen and oxygen atoms in total. The average molecular weight is 340 g/mol. The molecule has 0 bridgehead atoms. The number of aromatic nitrogens is 3. The molecular formula is C18H20N4O3. The first kappa shape index (κ1) is 15.8. The third kappa shape index (κ3) is 3.01. The lowest BCUT2D eigenvalue weighted by Gasteiger charge is -2.31. The topological polar surface area (TPSA) is 97.1 Å². The number of amides is 1. The predicted octanol–water partition coefficient (Wildman–Crippen LogP) is 1.87. The highest BCUT2D eigenvalue weighted by Crippen LogP contribution is 2.40. The van der Waals surface area contributed by atoms with Gasteiger partial charge in [0.25, 0.3) is 0 Å². The summed E-state index contributed by atoms with van der Waals surface area (Å²) in [5, 5.41) is 20.5. The number of hydrogen-bond acceptors (Lipinski definition) is 4. The van der Waals surface area contributed by atoms with Gasteiger partial charge in [0.05, 0.1) is 18.4 Å². The number of carbonyl (C=O) groups excluding carboxylic acids is 1. The Kier molecular flexibility index (Phi) is 3.99. The molecule has 2 aromatic rings. The number of rotatable bonds is 6. The summed E-state index contributed by atoms with van der Waals surface area (Å²) in [6.07, 6.45) is 3.42. The van der Waals surface area contributed by atoms with Crippen LogP contribution in [0.5, 0.6) is 0 Å². The maximum Gasteiger partial charge on any atom is 0.307 e. The maximum atomic E-state index is 12.3. The molecule has 1 aromatic carbocycles. The second-order valence-corrected chi connectivity index (χ2v) is 6.77. The highest BCUT2D eigenvalue weighted by atomic mass is 16.4. The maximum absolute atomic E-state index is 12.3. The molecule has 2 saturated carbocycles. The Morgan fingerprint density at radius 2 is 1.80 bits per heavy atom. The van der Waals surface area contributed by atoms with E-state index in [4.69, 9.17) is 5.11 Å². The van der Waals surface area contributed by atoms with Crippen LogP contribution in [0.2, 0.25) is 0 Å². The number of hydrogen-bond donors (Lipinski definition) is 2. The van der Waals surface area contributed by atoms with Gasteiger partial charge in [-0.15, -0.1) is 10.2 Å². The van der Waals surface area contributed by atoms with E-state index in [1.54, 1.807) is 0 Å². The second kappa shape index (κ2) is 6.31. The minimum Gasteiger partial charge on any atom is -0.481 e. The largest absolute Gasteiger partial charge is 0.481 e. The molecule has 4 rings (SSSR count). The summed E-state index contributed by atoms with van der Waals surface area (Å²) < 4.78 is 2.01. The monoisotopic (exact) mass is 340 g/mol. The number of carboxylic acids is 1. The van der Waals surface area contributed by atoms with Gasteiger partial charge in [0.2, 0.25) is 5.91 Å². The van der Waals surface area contributed by atoms with Crippen molar-refractivity contribution in [2.45, 2.75) is 38.1 Å². The van der Waals surface area contributed by atoms with Gasteiger partial charge in [-0.1, -0.05) is 18.2 Å². The van der Waals surface area contributed by atoms with E-state index in [0.717, 1.165) is 24.4 Å². The lowest BCUT2D eigenvalue weighted by atomic mass is 9.73. The van der Waals surface area contributed by atoms with Crippen LogP contribution in [-0.2, 0) is 16.1 Å². The molecular weight excluding hydrogens is 320 g/mol. The van der Waals surface area contributed by atoms with Gasteiger partial charge in [0.1, 0.15) is 5.82 Å². The van der Waals surface area contributed by atoms with Crippen molar-refractivity contribution < 1.29 is 14.7 Å². The standard InChI is InChI=1S/C18H20N4O3/c23-17(13-8-9-14(13)18(24)25)19-10-15-20-21-16(11-6-7-11)22(15)12-4-2-1-3-5-12/h1-5,11,13-14H,6-10H2,(H,19,23)(H,24,25)/t13-,14+/m0/s1. The molecule has 1 heterocycles. The molecule has 1 aromatic heterocycles. The Bertz CT molecular complexity index is 798. The van der Waals surface area contributed by atoms with E-state index in [-0.39, 0.29) is 12.5 Å². The van der Waals surface area contributed by atoms with Gasteiger partial charge >= 0.3 is 5.97 Å². The van der Waals surface area contributed by atoms with E-state index < -0.39 is 17.8 Å². The van der Waals surface area contributed by atoms with Crippen molar-refractivity contribution in [3.63, 3.8) is 0 Å². The summed E-state index contributed by atoms with van der Waals surface area (Å²) in [6.45, 7) is 0.246. The van der Waals surface area contributed by atoms with Crippen LogP contribution in [0.25, 0.3) is 5.69 Å². The molecule has 0 aliphatic heterocycles. The second-order valence-electron chi connectivity index (χ2n) is 6.77. The lowest BCUT2D eigenvalue weighted by Crippen LogP contribution is -2.44. The van der Waals surface area contributed by atoms with E-state index in [9.17, 15) is 9.59 Å². The molecule has 130 valence electrons. The van der Waals surface area contributed by atoms with Gasteiger partial charge in [-0.2, -0.15) is 0 Å².